The molecular weight excluding hydrogens is 158 g/mol. The van der Waals surface area contributed by atoms with Gasteiger partial charge in [0.2, 0.25) is 0 Å². The van der Waals surface area contributed by atoms with Crippen LogP contribution in [0.4, 0.5) is 0 Å². The number of likely N-dealkylation sites (N-methyl/N-ethyl adjacent to an activating group) is 1. The largest absolute Gasteiger partial charge is 0.316 e. The molecule has 11 heavy (non-hydrogen) atoms. The molecule has 0 aromatic rings. The summed E-state index contributed by atoms with van der Waals surface area (Å²) in [5, 5.41) is 3.74. The summed E-state index contributed by atoms with van der Waals surface area (Å²) >= 11 is 5.58. The van der Waals surface area contributed by atoms with E-state index in [1.54, 1.807) is 0 Å². The Bertz CT molecular complexity index is 124. The van der Waals surface area contributed by atoms with Crippen LogP contribution in [0, 0.1) is 0 Å². The number of allylic oxidation sites excluding steroid dienone is 1. The van der Waals surface area contributed by atoms with Crippen molar-refractivity contribution in [3.8, 4) is 0 Å². The van der Waals surface area contributed by atoms with Gasteiger partial charge < -0.3 is 5.32 Å². The Labute approximate surface area is 75.1 Å². The smallest absolute Gasteiger partial charge is 0.0197 e. The van der Waals surface area contributed by atoms with Crippen LogP contribution in [0.2, 0.25) is 0 Å². The first-order chi connectivity index (χ1) is 5.16. The van der Waals surface area contributed by atoms with Crippen LogP contribution in [0.1, 0.15) is 20.8 Å². The van der Waals surface area contributed by atoms with Crippen LogP contribution in [-0.2, 0) is 0 Å². The highest BCUT2D eigenvalue weighted by molar-refractivity contribution is 6.29. The Morgan fingerprint density at radius 3 is 2.27 bits per heavy atom. The molecule has 0 fully saturated rings. The van der Waals surface area contributed by atoms with Crippen molar-refractivity contribution < 1.29 is 0 Å². The van der Waals surface area contributed by atoms with Crippen LogP contribution in [-0.4, -0.2) is 13.6 Å². The van der Waals surface area contributed by atoms with Crippen molar-refractivity contribution in [2.45, 2.75) is 20.8 Å². The SMILES string of the molecule is C=C(/C=C(\C)Cl)CNC.CC. The van der Waals surface area contributed by atoms with Gasteiger partial charge >= 0.3 is 0 Å². The topological polar surface area (TPSA) is 12.0 Å². The number of hydrogen-bond acceptors (Lipinski definition) is 1. The van der Waals surface area contributed by atoms with Gasteiger partial charge in [-0.1, -0.05) is 32.0 Å². The molecule has 0 saturated heterocycles. The van der Waals surface area contributed by atoms with Crippen molar-refractivity contribution in [1.82, 2.24) is 5.32 Å². The second-order valence-electron chi connectivity index (χ2n) is 1.92. The Morgan fingerprint density at radius 1 is 1.55 bits per heavy atom. The minimum Gasteiger partial charge on any atom is -0.316 e. The molecule has 0 aliphatic heterocycles. The van der Waals surface area contributed by atoms with Gasteiger partial charge in [-0.25, -0.2) is 0 Å². The van der Waals surface area contributed by atoms with Gasteiger partial charge in [0.25, 0.3) is 0 Å². The molecule has 0 aliphatic rings. The Kier molecular flexibility index (Phi) is 11.8. The summed E-state index contributed by atoms with van der Waals surface area (Å²) in [5.41, 5.74) is 1.00. The van der Waals surface area contributed by atoms with Crippen LogP contribution in [0.25, 0.3) is 0 Å². The molecule has 0 unspecified atom stereocenters. The predicted molar refractivity (Wildman–Crippen MR) is 54.0 cm³/mol. The zero-order valence-electron chi connectivity index (χ0n) is 7.87. The van der Waals surface area contributed by atoms with Crippen molar-refractivity contribution in [2.24, 2.45) is 0 Å². The fourth-order valence-corrected chi connectivity index (χ4v) is 0.714. The van der Waals surface area contributed by atoms with E-state index in [4.69, 9.17) is 11.6 Å². The lowest BCUT2D eigenvalue weighted by Gasteiger charge is -1.96. The minimum absolute atomic E-state index is 0.773. The summed E-state index contributed by atoms with van der Waals surface area (Å²) in [6.45, 7) is 10.4. The molecule has 1 N–H and O–H groups in total. The van der Waals surface area contributed by atoms with Crippen LogP contribution >= 0.6 is 11.6 Å². The van der Waals surface area contributed by atoms with Gasteiger partial charge in [-0.3, -0.25) is 0 Å². The third-order valence-corrected chi connectivity index (χ3v) is 0.916. The number of nitrogens with one attached hydrogen (secondary N) is 1. The molecule has 0 aliphatic carbocycles. The Balaban J connectivity index is 0. The lowest BCUT2D eigenvalue weighted by atomic mass is 10.3. The van der Waals surface area contributed by atoms with Crippen LogP contribution < -0.4 is 5.32 Å². The van der Waals surface area contributed by atoms with Gasteiger partial charge in [-0.2, -0.15) is 0 Å². The summed E-state index contributed by atoms with van der Waals surface area (Å²) < 4.78 is 0. The van der Waals surface area contributed by atoms with Crippen molar-refractivity contribution in [3.63, 3.8) is 0 Å². The second kappa shape index (κ2) is 9.73. The summed E-state index contributed by atoms with van der Waals surface area (Å²) in [5.74, 6) is 0. The van der Waals surface area contributed by atoms with Gasteiger partial charge in [0.05, 0.1) is 0 Å². The molecule has 0 bridgehead atoms. The summed E-state index contributed by atoms with van der Waals surface area (Å²) in [6, 6.07) is 0. The first-order valence-corrected chi connectivity index (χ1v) is 4.20. The summed E-state index contributed by atoms with van der Waals surface area (Å²) in [4.78, 5) is 0. The van der Waals surface area contributed by atoms with E-state index in [2.05, 4.69) is 11.9 Å². The Hall–Kier alpha value is -0.270. The van der Waals surface area contributed by atoms with Crippen molar-refractivity contribution in [1.29, 1.82) is 0 Å². The van der Waals surface area contributed by atoms with E-state index < -0.39 is 0 Å². The molecule has 2 heteroatoms. The van der Waals surface area contributed by atoms with E-state index in [0.717, 1.165) is 17.2 Å². The van der Waals surface area contributed by atoms with E-state index in [0.29, 0.717) is 0 Å². The molecule has 0 spiro atoms. The maximum absolute atomic E-state index is 5.58. The van der Waals surface area contributed by atoms with Crippen molar-refractivity contribution in [3.05, 3.63) is 23.3 Å². The van der Waals surface area contributed by atoms with E-state index in [-0.39, 0.29) is 0 Å². The zero-order chi connectivity index (χ0) is 9.28. The van der Waals surface area contributed by atoms with E-state index in [9.17, 15) is 0 Å². The maximum Gasteiger partial charge on any atom is 0.0197 e. The van der Waals surface area contributed by atoms with Gasteiger partial charge in [-0.05, 0) is 25.6 Å². The molecule has 0 aromatic carbocycles. The van der Waals surface area contributed by atoms with Gasteiger partial charge in [0, 0.05) is 11.6 Å². The molecule has 1 nitrogen and oxygen atoms in total. The van der Waals surface area contributed by atoms with E-state index >= 15 is 0 Å². The third kappa shape index (κ3) is 12.8. The highest BCUT2D eigenvalue weighted by atomic mass is 35.5. The number of rotatable bonds is 3. The first-order valence-electron chi connectivity index (χ1n) is 3.83. The van der Waals surface area contributed by atoms with Crippen LogP contribution in [0.5, 0.6) is 0 Å². The molecule has 0 radical (unpaired) electrons. The fourth-order valence-electron chi connectivity index (χ4n) is 0.559. The molecule has 0 saturated carbocycles. The van der Waals surface area contributed by atoms with Crippen LogP contribution in [0.15, 0.2) is 23.3 Å². The molecule has 0 heterocycles. The number of hydrogen-bond donors (Lipinski definition) is 1. The predicted octanol–water partition coefficient (Wildman–Crippen LogP) is 2.93. The highest BCUT2D eigenvalue weighted by Crippen LogP contribution is 2.02. The third-order valence-electron chi connectivity index (χ3n) is 0.807. The molecule has 0 rings (SSSR count). The standard InChI is InChI=1S/C7H12ClN.C2H6/c1-6(5-9-3)4-7(2)8;1-2/h4,9H,1,5H2,2-3H3;1-2H3/b7-4+;. The van der Waals surface area contributed by atoms with Gasteiger partial charge in [-0.15, -0.1) is 0 Å². The monoisotopic (exact) mass is 175 g/mol. The molecular formula is C9H18ClN. The van der Waals surface area contributed by atoms with Crippen molar-refractivity contribution >= 4 is 11.6 Å². The first kappa shape index (κ1) is 13.3. The Morgan fingerprint density at radius 2 is 2.00 bits per heavy atom. The van der Waals surface area contributed by atoms with Gasteiger partial charge in [0.1, 0.15) is 0 Å². The lowest BCUT2D eigenvalue weighted by Crippen LogP contribution is -2.08. The maximum atomic E-state index is 5.58. The molecule has 0 aromatic heterocycles. The summed E-state index contributed by atoms with van der Waals surface area (Å²) in [7, 11) is 1.88. The van der Waals surface area contributed by atoms with Crippen LogP contribution in [0.3, 0.4) is 0 Å². The second-order valence-corrected chi connectivity index (χ2v) is 2.52. The average molecular weight is 176 g/mol. The highest BCUT2D eigenvalue weighted by Gasteiger charge is 1.85. The zero-order valence-corrected chi connectivity index (χ0v) is 8.63. The number of halogens is 1. The molecule has 66 valence electrons. The summed E-state index contributed by atoms with van der Waals surface area (Å²) in [6.07, 6.45) is 1.85. The normalized spacial score (nSPS) is 10.1. The van der Waals surface area contributed by atoms with Crippen molar-refractivity contribution in [2.75, 3.05) is 13.6 Å². The lowest BCUT2D eigenvalue weighted by molar-refractivity contribution is 0.897. The quantitative estimate of drug-likeness (QED) is 0.651. The fraction of sp³-hybridized carbons (Fsp3) is 0.556. The molecule has 0 atom stereocenters. The molecule has 0 amide bonds. The van der Waals surface area contributed by atoms with E-state index in [1.807, 2.05) is 33.9 Å². The van der Waals surface area contributed by atoms with E-state index in [1.165, 1.54) is 0 Å². The van der Waals surface area contributed by atoms with Gasteiger partial charge in [0.15, 0.2) is 0 Å². The average Bonchev–Trinajstić information content (AvgIpc) is 1.91. The minimum atomic E-state index is 0.773.